The van der Waals surface area contributed by atoms with Crippen molar-refractivity contribution in [3.05, 3.63) is 34.3 Å². The van der Waals surface area contributed by atoms with Crippen LogP contribution in [0.4, 0.5) is 10.8 Å². The summed E-state index contributed by atoms with van der Waals surface area (Å²) in [6.45, 7) is 2.13. The Kier molecular flexibility index (Phi) is 5.09. The lowest BCUT2D eigenvalue weighted by Crippen LogP contribution is -2.38. The van der Waals surface area contributed by atoms with Crippen molar-refractivity contribution in [1.82, 2.24) is 15.1 Å². The second-order valence-corrected chi connectivity index (χ2v) is 7.04. The molecule has 1 aliphatic heterocycles. The number of hydrogen-bond donors (Lipinski definition) is 2. The number of carbonyl (C=O) groups is 1. The molecule has 23 heavy (non-hydrogen) atoms. The second-order valence-electron chi connectivity index (χ2n) is 5.55. The average Bonchev–Trinajstić information content (AvgIpc) is 2.97. The summed E-state index contributed by atoms with van der Waals surface area (Å²) in [5, 5.41) is 22.9. The molecule has 1 aliphatic rings. The quantitative estimate of drug-likeness (QED) is 0.860. The van der Waals surface area contributed by atoms with Gasteiger partial charge < -0.3 is 10.4 Å². The van der Waals surface area contributed by atoms with Gasteiger partial charge in [-0.2, -0.15) is 0 Å². The number of aliphatic carboxylic acids is 1. The standard InChI is InChI=1S/C15H17ClN4O2S/c16-11-3-5-12(6-4-11)17-15-19-18-13(23-15)9-20-7-1-2-10(8-20)14(21)22/h3-6,10H,1-2,7-9H2,(H,17,19)(H,21,22). The number of nitrogens with zero attached hydrogens (tertiary/aromatic N) is 3. The Balaban J connectivity index is 1.58. The molecule has 1 aromatic carbocycles. The van der Waals surface area contributed by atoms with Gasteiger partial charge in [0.15, 0.2) is 0 Å². The van der Waals surface area contributed by atoms with E-state index in [0.29, 0.717) is 23.2 Å². The molecule has 1 saturated heterocycles. The summed E-state index contributed by atoms with van der Waals surface area (Å²) in [6.07, 6.45) is 1.66. The van der Waals surface area contributed by atoms with E-state index in [0.717, 1.165) is 30.1 Å². The molecule has 8 heteroatoms. The predicted octanol–water partition coefficient (Wildman–Crippen LogP) is 3.23. The minimum absolute atomic E-state index is 0.275. The number of rotatable bonds is 5. The predicted molar refractivity (Wildman–Crippen MR) is 90.3 cm³/mol. The Bertz CT molecular complexity index is 676. The van der Waals surface area contributed by atoms with Gasteiger partial charge in [0, 0.05) is 17.3 Å². The highest BCUT2D eigenvalue weighted by molar-refractivity contribution is 7.15. The van der Waals surface area contributed by atoms with E-state index >= 15 is 0 Å². The van der Waals surface area contributed by atoms with Crippen LogP contribution in [0, 0.1) is 5.92 Å². The normalized spacial score (nSPS) is 18.7. The molecule has 0 spiro atoms. The van der Waals surface area contributed by atoms with Crippen LogP contribution < -0.4 is 5.32 Å². The van der Waals surface area contributed by atoms with Crippen LogP contribution in [0.1, 0.15) is 17.8 Å². The number of nitrogens with one attached hydrogen (secondary N) is 1. The van der Waals surface area contributed by atoms with Gasteiger partial charge in [0.25, 0.3) is 0 Å². The average molecular weight is 353 g/mol. The van der Waals surface area contributed by atoms with Crippen LogP contribution in [-0.4, -0.2) is 39.3 Å². The molecule has 0 radical (unpaired) electrons. The fourth-order valence-corrected chi connectivity index (χ4v) is 3.55. The first-order valence-corrected chi connectivity index (χ1v) is 8.60. The number of piperidine rings is 1. The van der Waals surface area contributed by atoms with Gasteiger partial charge in [-0.1, -0.05) is 22.9 Å². The molecule has 2 N–H and O–H groups in total. The van der Waals surface area contributed by atoms with E-state index < -0.39 is 5.97 Å². The Labute approximate surface area is 143 Å². The third-order valence-electron chi connectivity index (χ3n) is 3.78. The van der Waals surface area contributed by atoms with Crippen molar-refractivity contribution in [2.24, 2.45) is 5.92 Å². The van der Waals surface area contributed by atoms with Gasteiger partial charge in [-0.15, -0.1) is 10.2 Å². The number of benzene rings is 1. The highest BCUT2D eigenvalue weighted by atomic mass is 35.5. The van der Waals surface area contributed by atoms with E-state index in [1.807, 2.05) is 24.3 Å². The van der Waals surface area contributed by atoms with Gasteiger partial charge in [-0.3, -0.25) is 9.69 Å². The van der Waals surface area contributed by atoms with Crippen LogP contribution in [0.2, 0.25) is 5.02 Å². The lowest BCUT2D eigenvalue weighted by Gasteiger charge is -2.29. The molecule has 122 valence electrons. The van der Waals surface area contributed by atoms with Crippen molar-refractivity contribution in [3.63, 3.8) is 0 Å². The summed E-state index contributed by atoms with van der Waals surface area (Å²) >= 11 is 7.34. The molecule has 0 amide bonds. The van der Waals surface area contributed by atoms with Gasteiger partial charge in [0.1, 0.15) is 5.01 Å². The van der Waals surface area contributed by atoms with E-state index in [-0.39, 0.29) is 5.92 Å². The van der Waals surface area contributed by atoms with Gasteiger partial charge >= 0.3 is 5.97 Å². The Morgan fingerprint density at radius 2 is 2.17 bits per heavy atom. The summed E-state index contributed by atoms with van der Waals surface area (Å²) in [4.78, 5) is 13.2. The molecular formula is C15H17ClN4O2S. The Morgan fingerprint density at radius 3 is 2.91 bits per heavy atom. The van der Waals surface area contributed by atoms with Crippen LogP contribution >= 0.6 is 22.9 Å². The highest BCUT2D eigenvalue weighted by Gasteiger charge is 2.25. The highest BCUT2D eigenvalue weighted by Crippen LogP contribution is 2.24. The largest absolute Gasteiger partial charge is 0.481 e. The van der Waals surface area contributed by atoms with E-state index in [1.165, 1.54) is 11.3 Å². The maximum absolute atomic E-state index is 11.1. The van der Waals surface area contributed by atoms with Crippen molar-refractivity contribution in [2.45, 2.75) is 19.4 Å². The molecule has 0 aliphatic carbocycles. The van der Waals surface area contributed by atoms with Crippen molar-refractivity contribution < 1.29 is 9.90 Å². The lowest BCUT2D eigenvalue weighted by atomic mass is 9.98. The summed E-state index contributed by atoms with van der Waals surface area (Å²) in [7, 11) is 0. The molecule has 1 atom stereocenters. The topological polar surface area (TPSA) is 78.3 Å². The first kappa shape index (κ1) is 16.2. The summed E-state index contributed by atoms with van der Waals surface area (Å²) in [5.74, 6) is -0.986. The molecule has 6 nitrogen and oxygen atoms in total. The Hall–Kier alpha value is -1.70. The zero-order chi connectivity index (χ0) is 16.2. The van der Waals surface area contributed by atoms with Crippen LogP contribution in [0.5, 0.6) is 0 Å². The minimum Gasteiger partial charge on any atom is -0.481 e. The Morgan fingerprint density at radius 1 is 1.39 bits per heavy atom. The van der Waals surface area contributed by atoms with Crippen molar-refractivity contribution in [2.75, 3.05) is 18.4 Å². The molecule has 1 fully saturated rings. The summed E-state index contributed by atoms with van der Waals surface area (Å²) < 4.78 is 0. The van der Waals surface area contributed by atoms with Crippen LogP contribution in [0.3, 0.4) is 0 Å². The molecular weight excluding hydrogens is 336 g/mol. The smallest absolute Gasteiger partial charge is 0.307 e. The zero-order valence-corrected chi connectivity index (χ0v) is 14.0. The summed E-state index contributed by atoms with van der Waals surface area (Å²) in [6, 6.07) is 7.38. The fourth-order valence-electron chi connectivity index (χ4n) is 2.62. The monoisotopic (exact) mass is 352 g/mol. The van der Waals surface area contributed by atoms with Crippen LogP contribution in [0.15, 0.2) is 24.3 Å². The van der Waals surface area contributed by atoms with Gasteiger partial charge in [0.2, 0.25) is 5.13 Å². The van der Waals surface area contributed by atoms with Crippen molar-refractivity contribution >= 4 is 39.7 Å². The third-order valence-corrected chi connectivity index (χ3v) is 4.85. The van der Waals surface area contributed by atoms with Gasteiger partial charge in [-0.25, -0.2) is 0 Å². The maximum atomic E-state index is 11.1. The number of aromatic nitrogens is 2. The number of hydrogen-bond acceptors (Lipinski definition) is 6. The molecule has 0 bridgehead atoms. The first-order chi connectivity index (χ1) is 11.1. The van der Waals surface area contributed by atoms with Crippen molar-refractivity contribution in [1.29, 1.82) is 0 Å². The van der Waals surface area contributed by atoms with Crippen molar-refractivity contribution in [3.8, 4) is 0 Å². The molecule has 3 rings (SSSR count). The zero-order valence-electron chi connectivity index (χ0n) is 12.4. The minimum atomic E-state index is -0.711. The lowest BCUT2D eigenvalue weighted by molar-refractivity contribution is -0.143. The van der Waals surface area contributed by atoms with E-state index in [2.05, 4.69) is 20.4 Å². The molecule has 1 aromatic heterocycles. The van der Waals surface area contributed by atoms with E-state index in [1.54, 1.807) is 0 Å². The maximum Gasteiger partial charge on any atom is 0.307 e. The number of carboxylic acid groups (broad SMARTS) is 1. The molecule has 2 heterocycles. The molecule has 2 aromatic rings. The fraction of sp³-hybridized carbons (Fsp3) is 0.400. The van der Waals surface area contributed by atoms with E-state index in [4.69, 9.17) is 16.7 Å². The summed E-state index contributed by atoms with van der Waals surface area (Å²) in [5.41, 5.74) is 0.904. The van der Waals surface area contributed by atoms with E-state index in [9.17, 15) is 4.79 Å². The number of halogens is 1. The van der Waals surface area contributed by atoms with Crippen LogP contribution in [0.25, 0.3) is 0 Å². The van der Waals surface area contributed by atoms with Gasteiger partial charge in [-0.05, 0) is 43.7 Å². The first-order valence-electron chi connectivity index (χ1n) is 7.40. The third kappa shape index (κ3) is 4.40. The number of likely N-dealkylation sites (tertiary alicyclic amines) is 1. The second kappa shape index (κ2) is 7.25. The molecule has 0 saturated carbocycles. The molecule has 1 unspecified atom stereocenters. The number of carboxylic acids is 1. The SMILES string of the molecule is O=C(O)C1CCCN(Cc2nnc(Nc3ccc(Cl)cc3)s2)C1. The van der Waals surface area contributed by atoms with Gasteiger partial charge in [0.05, 0.1) is 12.5 Å². The van der Waals surface area contributed by atoms with Crippen LogP contribution in [-0.2, 0) is 11.3 Å². The number of anilines is 2.